The van der Waals surface area contributed by atoms with E-state index < -0.39 is 0 Å². The summed E-state index contributed by atoms with van der Waals surface area (Å²) in [5.74, 6) is -0.00265. The molecule has 2 heterocycles. The Kier molecular flexibility index (Phi) is 6.61. The molecule has 0 fully saturated rings. The average molecular weight is 508 g/mol. The number of carbonyl (C=O) groups excluding carboxylic acids is 2. The Bertz CT molecular complexity index is 1540. The summed E-state index contributed by atoms with van der Waals surface area (Å²) in [5.41, 5.74) is 6.18. The second-order valence-corrected chi connectivity index (χ2v) is 10.8. The number of pyridine rings is 1. The maximum Gasteiger partial charge on any atom is 0.234 e. The molecule has 1 aromatic heterocycles. The number of para-hydroxylation sites is 2. The zero-order valence-corrected chi connectivity index (χ0v) is 22.2. The van der Waals surface area contributed by atoms with Crippen LogP contribution < -0.4 is 10.2 Å². The minimum atomic E-state index is -0.296. The van der Waals surface area contributed by atoms with Crippen molar-refractivity contribution in [1.82, 2.24) is 4.98 Å². The number of allylic oxidation sites excluding steroid dienone is 2. The van der Waals surface area contributed by atoms with Gasteiger partial charge in [-0.1, -0.05) is 79.7 Å². The predicted molar refractivity (Wildman–Crippen MR) is 153 cm³/mol. The highest BCUT2D eigenvalue weighted by molar-refractivity contribution is 7.99. The number of carbonyl (C=O) groups is 2. The minimum absolute atomic E-state index is 0.0766. The van der Waals surface area contributed by atoms with Gasteiger partial charge in [0, 0.05) is 46.6 Å². The number of benzene rings is 3. The summed E-state index contributed by atoms with van der Waals surface area (Å²) >= 11 is 1.32. The largest absolute Gasteiger partial charge is 0.347 e. The Morgan fingerprint density at radius 1 is 1.00 bits per heavy atom. The van der Waals surface area contributed by atoms with E-state index in [-0.39, 0.29) is 22.9 Å². The Morgan fingerprint density at radius 3 is 2.46 bits per heavy atom. The number of thioether (sulfide) groups is 1. The summed E-state index contributed by atoms with van der Waals surface area (Å²) in [6.07, 6.45) is 1.75. The van der Waals surface area contributed by atoms with Crippen LogP contribution in [0.4, 0.5) is 11.4 Å². The third-order valence-electron chi connectivity index (χ3n) is 6.85. The lowest BCUT2D eigenvalue weighted by Crippen LogP contribution is -2.24. The Labute approximate surface area is 221 Å². The van der Waals surface area contributed by atoms with Crippen LogP contribution in [0.1, 0.15) is 35.3 Å². The lowest BCUT2D eigenvalue weighted by Gasteiger charge is -2.24. The zero-order valence-electron chi connectivity index (χ0n) is 21.4. The molecule has 5 rings (SSSR count). The molecule has 0 unspecified atom stereocenters. The maximum absolute atomic E-state index is 13.7. The van der Waals surface area contributed by atoms with Crippen molar-refractivity contribution in [3.05, 3.63) is 107 Å². The molecule has 5 nitrogen and oxygen atoms in total. The molecule has 3 aromatic carbocycles. The monoisotopic (exact) mass is 507 g/mol. The van der Waals surface area contributed by atoms with Crippen LogP contribution in [0.3, 0.4) is 0 Å². The van der Waals surface area contributed by atoms with Crippen molar-refractivity contribution in [3.8, 4) is 0 Å². The van der Waals surface area contributed by atoms with Crippen molar-refractivity contribution in [2.24, 2.45) is 0 Å². The first-order valence-corrected chi connectivity index (χ1v) is 13.2. The number of hydrogen-bond donors (Lipinski definition) is 1. The molecule has 0 saturated carbocycles. The summed E-state index contributed by atoms with van der Waals surface area (Å²) in [7, 11) is 2.01. The molecule has 0 atom stereocenters. The quantitative estimate of drug-likeness (QED) is 0.177. The number of aryl methyl sites for hydroxylation is 1. The number of hydrogen-bond acceptors (Lipinski definition) is 5. The minimum Gasteiger partial charge on any atom is -0.347 e. The van der Waals surface area contributed by atoms with Crippen molar-refractivity contribution in [2.45, 2.75) is 31.2 Å². The lowest BCUT2D eigenvalue weighted by atomic mass is 9.83. The van der Waals surface area contributed by atoms with Crippen LogP contribution in [0, 0.1) is 6.92 Å². The Balaban J connectivity index is 1.42. The number of rotatable bonds is 6. The molecular weight excluding hydrogens is 478 g/mol. The molecule has 0 radical (unpaired) electrons. The van der Waals surface area contributed by atoms with Gasteiger partial charge in [0.2, 0.25) is 5.91 Å². The number of anilines is 2. The molecule has 6 heteroatoms. The van der Waals surface area contributed by atoms with Crippen LogP contribution >= 0.6 is 11.8 Å². The van der Waals surface area contributed by atoms with E-state index in [1.165, 1.54) is 17.3 Å². The molecule has 1 aliphatic heterocycles. The Hall–Kier alpha value is -3.90. The lowest BCUT2D eigenvalue weighted by molar-refractivity contribution is -0.113. The second-order valence-electron chi connectivity index (χ2n) is 9.82. The van der Waals surface area contributed by atoms with Gasteiger partial charge in [0.25, 0.3) is 0 Å². The summed E-state index contributed by atoms with van der Waals surface area (Å²) < 4.78 is 0. The van der Waals surface area contributed by atoms with Crippen molar-refractivity contribution >= 4 is 45.7 Å². The molecule has 4 aromatic rings. The first-order chi connectivity index (χ1) is 17.7. The fourth-order valence-corrected chi connectivity index (χ4v) is 5.58. The normalized spacial score (nSPS) is 15.1. The van der Waals surface area contributed by atoms with Gasteiger partial charge in [0.05, 0.1) is 16.3 Å². The van der Waals surface area contributed by atoms with E-state index in [0.717, 1.165) is 33.5 Å². The fraction of sp³-hybridized carbons (Fsp3) is 0.194. The molecule has 1 aliphatic rings. The highest BCUT2D eigenvalue weighted by atomic mass is 32.2. The molecule has 0 aliphatic carbocycles. The second kappa shape index (κ2) is 9.87. The predicted octanol–water partition coefficient (Wildman–Crippen LogP) is 6.77. The number of ketones is 1. The number of nitrogens with zero attached hydrogens (tertiary/aromatic N) is 2. The van der Waals surface area contributed by atoms with Crippen molar-refractivity contribution in [2.75, 3.05) is 23.0 Å². The summed E-state index contributed by atoms with van der Waals surface area (Å²) in [5, 5.41) is 4.36. The van der Waals surface area contributed by atoms with E-state index in [9.17, 15) is 9.59 Å². The number of fused-ring (bicyclic) bond motifs is 2. The van der Waals surface area contributed by atoms with Crippen molar-refractivity contribution in [1.29, 1.82) is 0 Å². The first-order valence-electron chi connectivity index (χ1n) is 12.2. The first kappa shape index (κ1) is 24.8. The highest BCUT2D eigenvalue weighted by Gasteiger charge is 2.38. The van der Waals surface area contributed by atoms with Crippen LogP contribution in [0.2, 0.25) is 0 Å². The van der Waals surface area contributed by atoms with Gasteiger partial charge in [0.1, 0.15) is 0 Å². The van der Waals surface area contributed by atoms with Crippen LogP contribution in [0.25, 0.3) is 10.9 Å². The third-order valence-corrected chi connectivity index (χ3v) is 7.76. The number of aromatic nitrogens is 1. The summed E-state index contributed by atoms with van der Waals surface area (Å²) in [6, 6.07) is 25.4. The molecule has 0 bridgehead atoms. The molecule has 1 amide bonds. The van der Waals surface area contributed by atoms with Crippen LogP contribution in [-0.4, -0.2) is 29.5 Å². The Morgan fingerprint density at radius 2 is 1.70 bits per heavy atom. The highest BCUT2D eigenvalue weighted by Crippen LogP contribution is 2.46. The number of likely N-dealkylation sites (N-methyl/N-ethyl adjacent to an activating group) is 1. The van der Waals surface area contributed by atoms with Gasteiger partial charge in [-0.15, -0.1) is 0 Å². The van der Waals surface area contributed by atoms with E-state index >= 15 is 0 Å². The van der Waals surface area contributed by atoms with E-state index in [4.69, 9.17) is 4.98 Å². The van der Waals surface area contributed by atoms with E-state index in [1.54, 1.807) is 12.1 Å². The molecule has 37 heavy (non-hydrogen) atoms. The van der Waals surface area contributed by atoms with Gasteiger partial charge in [-0.3, -0.25) is 9.59 Å². The van der Waals surface area contributed by atoms with Gasteiger partial charge in [0.15, 0.2) is 5.78 Å². The number of nitrogens with one attached hydrogen (secondary N) is 1. The SMILES string of the molecule is Cc1ccc(NC(=O)CSc2cc(C(=O)/C=C3\N(C)c4ccccc4C3(C)C)c3ccccc3n2)cc1. The number of amides is 1. The smallest absolute Gasteiger partial charge is 0.234 e. The average Bonchev–Trinajstić information content (AvgIpc) is 3.09. The van der Waals surface area contributed by atoms with Gasteiger partial charge >= 0.3 is 0 Å². The van der Waals surface area contributed by atoms with Gasteiger partial charge in [-0.2, -0.15) is 0 Å². The summed E-state index contributed by atoms with van der Waals surface area (Å²) in [4.78, 5) is 33.1. The summed E-state index contributed by atoms with van der Waals surface area (Å²) in [6.45, 7) is 6.30. The van der Waals surface area contributed by atoms with E-state index in [0.29, 0.717) is 10.6 Å². The van der Waals surface area contributed by atoms with Gasteiger partial charge < -0.3 is 10.2 Å². The molecule has 0 spiro atoms. The van der Waals surface area contributed by atoms with Crippen molar-refractivity contribution in [3.63, 3.8) is 0 Å². The third kappa shape index (κ3) is 4.89. The standard InChI is InChI=1S/C31H29N3O2S/c1-20-13-15-21(16-14-20)32-29(36)19-37-30-17-23(22-9-5-7-11-25(22)33-30)27(35)18-28-31(2,3)24-10-6-8-12-26(24)34(28)4/h5-18H,19H2,1-4H3,(H,32,36)/b28-18-. The van der Waals surface area contributed by atoms with Crippen LogP contribution in [-0.2, 0) is 10.2 Å². The zero-order chi connectivity index (χ0) is 26.2. The fourth-order valence-electron chi connectivity index (χ4n) is 4.86. The van der Waals surface area contributed by atoms with E-state index in [2.05, 4.69) is 36.2 Å². The molecular formula is C31H29N3O2S. The van der Waals surface area contributed by atoms with Gasteiger partial charge in [-0.25, -0.2) is 4.98 Å². The van der Waals surface area contributed by atoms with Crippen molar-refractivity contribution < 1.29 is 9.59 Å². The van der Waals surface area contributed by atoms with E-state index in [1.807, 2.05) is 74.6 Å². The molecule has 186 valence electrons. The van der Waals surface area contributed by atoms with Gasteiger partial charge in [-0.05, 0) is 42.8 Å². The maximum atomic E-state index is 13.7. The van der Waals surface area contributed by atoms with Crippen LogP contribution in [0.5, 0.6) is 0 Å². The molecule has 0 saturated heterocycles. The molecule has 1 N–H and O–H groups in total. The topological polar surface area (TPSA) is 62.3 Å². The van der Waals surface area contributed by atoms with Crippen LogP contribution in [0.15, 0.2) is 95.7 Å².